The molecule has 118 valence electrons. The molecule has 5 nitrogen and oxygen atoms in total. The lowest BCUT2D eigenvalue weighted by atomic mass is 10.1. The van der Waals surface area contributed by atoms with Crippen molar-refractivity contribution < 1.29 is 18.3 Å². The topological polar surface area (TPSA) is 64.1 Å². The van der Waals surface area contributed by atoms with Gasteiger partial charge in [0.2, 0.25) is 5.95 Å². The number of carbonyl (C=O) groups excluding carboxylic acids is 1. The molecule has 0 saturated carbocycles. The van der Waals surface area contributed by atoms with Crippen molar-refractivity contribution in [2.24, 2.45) is 0 Å². The van der Waals surface area contributed by atoms with Gasteiger partial charge in [-0.1, -0.05) is 11.8 Å². The molecular weight excluding hydrogens is 304 g/mol. The summed E-state index contributed by atoms with van der Waals surface area (Å²) in [4.78, 5) is 17.6. The standard InChI is InChI=1S/C16H13F2N3O2/c1-19-15(9-23-10-22)14-5-12(7-21-16(14)18)3-2-11-4-13(17)8-20-6-11/h4-8,10,15,19H,9H2,1H3/t15-/m0/s1. The first-order valence-electron chi connectivity index (χ1n) is 6.64. The van der Waals surface area contributed by atoms with E-state index < -0.39 is 17.8 Å². The minimum Gasteiger partial charge on any atom is -0.466 e. The Kier molecular flexibility index (Phi) is 5.72. The van der Waals surface area contributed by atoms with Crippen LogP contribution in [0.25, 0.3) is 0 Å². The Morgan fingerprint density at radius 1 is 1.26 bits per heavy atom. The molecule has 0 radical (unpaired) electrons. The highest BCUT2D eigenvalue weighted by atomic mass is 19.1. The van der Waals surface area contributed by atoms with Gasteiger partial charge in [-0.25, -0.2) is 9.37 Å². The van der Waals surface area contributed by atoms with Gasteiger partial charge in [-0.15, -0.1) is 0 Å². The van der Waals surface area contributed by atoms with E-state index in [0.29, 0.717) is 11.1 Å². The second-order valence-electron chi connectivity index (χ2n) is 4.52. The first-order valence-corrected chi connectivity index (χ1v) is 6.64. The maximum Gasteiger partial charge on any atom is 0.293 e. The number of nitrogens with one attached hydrogen (secondary N) is 1. The molecular formula is C16H13F2N3O2. The summed E-state index contributed by atoms with van der Waals surface area (Å²) in [6, 6.07) is 2.19. The van der Waals surface area contributed by atoms with E-state index in [1.54, 1.807) is 7.05 Å². The lowest BCUT2D eigenvalue weighted by Crippen LogP contribution is -2.23. The molecule has 0 bridgehead atoms. The van der Waals surface area contributed by atoms with Crippen LogP contribution in [-0.4, -0.2) is 30.1 Å². The van der Waals surface area contributed by atoms with Gasteiger partial charge in [-0.2, -0.15) is 4.39 Å². The summed E-state index contributed by atoms with van der Waals surface area (Å²) in [5.74, 6) is 4.32. The molecule has 0 aliphatic heterocycles. The number of pyridine rings is 2. The maximum atomic E-state index is 13.8. The van der Waals surface area contributed by atoms with Crippen molar-refractivity contribution in [3.8, 4) is 11.8 Å². The van der Waals surface area contributed by atoms with Gasteiger partial charge in [0.05, 0.1) is 12.2 Å². The van der Waals surface area contributed by atoms with Gasteiger partial charge in [0, 0.05) is 29.1 Å². The predicted octanol–water partition coefficient (Wildman–Crippen LogP) is 1.59. The van der Waals surface area contributed by atoms with Crippen LogP contribution in [0.5, 0.6) is 0 Å². The first-order chi connectivity index (χ1) is 11.1. The lowest BCUT2D eigenvalue weighted by Gasteiger charge is -2.15. The van der Waals surface area contributed by atoms with Crippen LogP contribution in [0, 0.1) is 23.6 Å². The molecule has 0 spiro atoms. The van der Waals surface area contributed by atoms with Gasteiger partial charge < -0.3 is 10.1 Å². The zero-order chi connectivity index (χ0) is 16.7. The van der Waals surface area contributed by atoms with Gasteiger partial charge in [-0.3, -0.25) is 9.78 Å². The van der Waals surface area contributed by atoms with E-state index in [1.807, 2.05) is 0 Å². The molecule has 2 heterocycles. The summed E-state index contributed by atoms with van der Waals surface area (Å²) in [7, 11) is 1.61. The van der Waals surface area contributed by atoms with Crippen LogP contribution in [0.15, 0.2) is 30.7 Å². The van der Waals surface area contributed by atoms with Gasteiger partial charge in [-0.05, 0) is 19.2 Å². The summed E-state index contributed by atoms with van der Waals surface area (Å²) in [5.41, 5.74) is 1.06. The van der Waals surface area contributed by atoms with Crippen LogP contribution in [0.1, 0.15) is 22.7 Å². The average Bonchev–Trinajstić information content (AvgIpc) is 2.56. The second kappa shape index (κ2) is 7.96. The van der Waals surface area contributed by atoms with E-state index in [9.17, 15) is 13.6 Å². The van der Waals surface area contributed by atoms with Crippen molar-refractivity contribution in [2.75, 3.05) is 13.7 Å². The number of rotatable bonds is 5. The fourth-order valence-electron chi connectivity index (χ4n) is 1.87. The Morgan fingerprint density at radius 3 is 2.65 bits per heavy atom. The molecule has 1 N–H and O–H groups in total. The van der Waals surface area contributed by atoms with E-state index in [2.05, 4.69) is 31.9 Å². The monoisotopic (exact) mass is 317 g/mol. The van der Waals surface area contributed by atoms with Crippen molar-refractivity contribution in [2.45, 2.75) is 6.04 Å². The Bertz CT molecular complexity index is 756. The second-order valence-corrected chi connectivity index (χ2v) is 4.52. The van der Waals surface area contributed by atoms with Gasteiger partial charge in [0.25, 0.3) is 6.47 Å². The van der Waals surface area contributed by atoms with Gasteiger partial charge >= 0.3 is 0 Å². The normalized spacial score (nSPS) is 11.3. The zero-order valence-corrected chi connectivity index (χ0v) is 12.2. The van der Waals surface area contributed by atoms with Crippen LogP contribution in [0.4, 0.5) is 8.78 Å². The van der Waals surface area contributed by atoms with Crippen LogP contribution >= 0.6 is 0 Å². The van der Waals surface area contributed by atoms with Crippen LogP contribution in [0.3, 0.4) is 0 Å². The predicted molar refractivity (Wildman–Crippen MR) is 78.2 cm³/mol. The average molecular weight is 317 g/mol. The van der Waals surface area contributed by atoms with Gasteiger partial charge in [0.1, 0.15) is 12.4 Å². The van der Waals surface area contributed by atoms with Crippen molar-refractivity contribution >= 4 is 6.47 Å². The number of halogens is 2. The SMILES string of the molecule is CN[C@@H](COC=O)c1cc(C#Cc2cncc(F)c2)cnc1F. The van der Waals surface area contributed by atoms with Gasteiger partial charge in [0.15, 0.2) is 0 Å². The Labute approximate surface area is 131 Å². The van der Waals surface area contributed by atoms with E-state index in [-0.39, 0.29) is 18.6 Å². The number of hydrogen-bond acceptors (Lipinski definition) is 5. The fraction of sp³-hybridized carbons (Fsp3) is 0.188. The summed E-state index contributed by atoms with van der Waals surface area (Å²) in [6.07, 6.45) is 3.77. The molecule has 0 aliphatic carbocycles. The maximum absolute atomic E-state index is 13.8. The molecule has 2 aromatic rings. The summed E-state index contributed by atoms with van der Waals surface area (Å²) in [6.45, 7) is 0.250. The minimum atomic E-state index is -0.683. The molecule has 0 saturated heterocycles. The summed E-state index contributed by atoms with van der Waals surface area (Å²) >= 11 is 0. The van der Waals surface area contributed by atoms with Crippen molar-refractivity contribution in [3.63, 3.8) is 0 Å². The lowest BCUT2D eigenvalue weighted by molar-refractivity contribution is -0.129. The number of aromatic nitrogens is 2. The Morgan fingerprint density at radius 2 is 2.00 bits per heavy atom. The minimum absolute atomic E-state index is 0.0384. The van der Waals surface area contributed by atoms with Crippen molar-refractivity contribution in [3.05, 3.63) is 59.2 Å². The largest absolute Gasteiger partial charge is 0.466 e. The van der Waals surface area contributed by atoms with E-state index in [4.69, 9.17) is 0 Å². The summed E-state index contributed by atoms with van der Waals surface area (Å²) < 4.78 is 31.5. The highest BCUT2D eigenvalue weighted by molar-refractivity contribution is 5.42. The Balaban J connectivity index is 2.28. The third-order valence-electron chi connectivity index (χ3n) is 2.98. The van der Waals surface area contributed by atoms with Crippen LogP contribution in [-0.2, 0) is 9.53 Å². The molecule has 0 unspecified atom stereocenters. The molecule has 2 aromatic heterocycles. The summed E-state index contributed by atoms with van der Waals surface area (Å²) in [5, 5.41) is 2.83. The number of ether oxygens (including phenoxy) is 1. The molecule has 2 rings (SSSR count). The molecule has 0 amide bonds. The zero-order valence-electron chi connectivity index (χ0n) is 12.2. The highest BCUT2D eigenvalue weighted by Gasteiger charge is 2.16. The molecule has 1 atom stereocenters. The molecule has 7 heteroatoms. The smallest absolute Gasteiger partial charge is 0.293 e. The van der Waals surface area contributed by atoms with Crippen molar-refractivity contribution in [1.82, 2.24) is 15.3 Å². The molecule has 0 aromatic carbocycles. The Hall–Kier alpha value is -2.85. The number of hydrogen-bond donors (Lipinski definition) is 1. The molecule has 23 heavy (non-hydrogen) atoms. The van der Waals surface area contributed by atoms with E-state index in [1.165, 1.54) is 24.5 Å². The third-order valence-corrected chi connectivity index (χ3v) is 2.98. The number of nitrogens with zero attached hydrogens (tertiary/aromatic N) is 2. The first kappa shape index (κ1) is 16.5. The third kappa shape index (κ3) is 4.56. The van der Waals surface area contributed by atoms with Crippen molar-refractivity contribution in [1.29, 1.82) is 0 Å². The van der Waals surface area contributed by atoms with E-state index in [0.717, 1.165) is 6.20 Å². The van der Waals surface area contributed by atoms with Crippen LogP contribution in [0.2, 0.25) is 0 Å². The quantitative estimate of drug-likeness (QED) is 0.515. The van der Waals surface area contributed by atoms with Crippen LogP contribution < -0.4 is 5.32 Å². The van der Waals surface area contributed by atoms with E-state index >= 15 is 0 Å². The highest BCUT2D eigenvalue weighted by Crippen LogP contribution is 2.17. The fourth-order valence-corrected chi connectivity index (χ4v) is 1.87. The molecule has 0 aliphatic rings. The number of carbonyl (C=O) groups is 1. The number of likely N-dealkylation sites (N-methyl/N-ethyl adjacent to an activating group) is 1. The molecule has 0 fully saturated rings.